The number of hydrogen-bond donors (Lipinski definition) is 1. The van der Waals surface area contributed by atoms with Crippen molar-refractivity contribution in [1.82, 2.24) is 10.2 Å². The zero-order chi connectivity index (χ0) is 21.0. The summed E-state index contributed by atoms with van der Waals surface area (Å²) in [6.07, 6.45) is 0.747. The number of amides is 1. The number of benzene rings is 2. The summed E-state index contributed by atoms with van der Waals surface area (Å²) in [6.45, 7) is 3.81. The molecule has 0 saturated carbocycles. The van der Waals surface area contributed by atoms with Gasteiger partial charge in [-0.2, -0.15) is 5.26 Å². The highest BCUT2D eigenvalue weighted by molar-refractivity contribution is 6.33. The molecule has 1 aliphatic heterocycles. The van der Waals surface area contributed by atoms with Crippen LogP contribution in [-0.4, -0.2) is 44.0 Å². The van der Waals surface area contributed by atoms with Gasteiger partial charge in [-0.15, -0.1) is 0 Å². The Hall–Kier alpha value is -2.55. The van der Waals surface area contributed by atoms with Crippen molar-refractivity contribution in [3.8, 4) is 17.2 Å². The molecule has 0 bridgehead atoms. The van der Waals surface area contributed by atoms with E-state index >= 15 is 0 Å². The summed E-state index contributed by atoms with van der Waals surface area (Å²) >= 11 is 6.54. The van der Waals surface area contributed by atoms with Gasteiger partial charge in [0.25, 0.3) is 0 Å². The fraction of sp³-hybridized carbons (Fsp3) is 0.391. The lowest BCUT2D eigenvalue weighted by Crippen LogP contribution is -2.43. The van der Waals surface area contributed by atoms with Crippen molar-refractivity contribution >= 4 is 23.2 Å². The molecular formula is C23H27ClN4O. The molecular weight excluding hydrogens is 384 g/mol. The van der Waals surface area contributed by atoms with Crippen LogP contribution in [0, 0.1) is 17.2 Å². The van der Waals surface area contributed by atoms with Gasteiger partial charge in [0, 0.05) is 13.1 Å². The number of halogens is 1. The first-order valence-corrected chi connectivity index (χ1v) is 10.2. The molecule has 0 aromatic heterocycles. The fourth-order valence-electron chi connectivity index (χ4n) is 3.89. The summed E-state index contributed by atoms with van der Waals surface area (Å²) in [5.41, 5.74) is 4.30. The minimum absolute atomic E-state index is 0.0185. The van der Waals surface area contributed by atoms with Crippen LogP contribution in [0.15, 0.2) is 42.5 Å². The molecule has 1 saturated heterocycles. The van der Waals surface area contributed by atoms with E-state index in [9.17, 15) is 4.79 Å². The second-order valence-electron chi connectivity index (χ2n) is 7.99. The molecule has 2 aromatic rings. The van der Waals surface area contributed by atoms with E-state index in [1.165, 1.54) is 5.56 Å². The molecule has 2 atom stereocenters. The topological polar surface area (TPSA) is 59.4 Å². The third-order valence-electron chi connectivity index (χ3n) is 5.20. The lowest BCUT2D eigenvalue weighted by molar-refractivity contribution is -0.122. The van der Waals surface area contributed by atoms with E-state index in [4.69, 9.17) is 16.9 Å². The van der Waals surface area contributed by atoms with Crippen molar-refractivity contribution < 1.29 is 4.79 Å². The lowest BCUT2D eigenvalue weighted by Gasteiger charge is -2.27. The molecule has 0 aliphatic carbocycles. The first-order chi connectivity index (χ1) is 13.9. The molecule has 0 radical (unpaired) electrons. The van der Waals surface area contributed by atoms with Crippen molar-refractivity contribution in [2.75, 3.05) is 32.1 Å². The number of anilines is 1. The fourth-order valence-corrected chi connectivity index (χ4v) is 4.11. The lowest BCUT2D eigenvalue weighted by atomic mass is 10.0. The monoisotopic (exact) mass is 410 g/mol. The molecule has 1 N–H and O–H groups in total. The molecule has 6 heteroatoms. The van der Waals surface area contributed by atoms with E-state index in [-0.39, 0.29) is 18.5 Å². The largest absolute Gasteiger partial charge is 0.358 e. The minimum Gasteiger partial charge on any atom is -0.358 e. The van der Waals surface area contributed by atoms with Gasteiger partial charge in [0.05, 0.1) is 16.8 Å². The van der Waals surface area contributed by atoms with Crippen molar-refractivity contribution in [2.45, 2.75) is 25.9 Å². The standard InChI is InChI=1S/C23H27ClN4O/c1-16-12-22(23(29)26-11-10-25)28(14-16)21-13-19(8-9-20(21)24)18-6-4-17(5-7-18)15-27(2)3/h4-9,13,16,22H,11-12,14-15H2,1-3H3,(H,26,29)/t16?,22-/m0/s1. The average molecular weight is 411 g/mol. The number of rotatable bonds is 6. The first-order valence-electron chi connectivity index (χ1n) is 9.84. The van der Waals surface area contributed by atoms with Crippen LogP contribution in [0.4, 0.5) is 5.69 Å². The Bertz CT molecular complexity index is 904. The molecule has 1 aliphatic rings. The Morgan fingerprint density at radius 1 is 1.24 bits per heavy atom. The molecule has 0 spiro atoms. The van der Waals surface area contributed by atoms with Crippen molar-refractivity contribution in [2.24, 2.45) is 5.92 Å². The van der Waals surface area contributed by atoms with Crippen LogP contribution in [0.5, 0.6) is 0 Å². The first kappa shape index (κ1) is 21.2. The summed E-state index contributed by atoms with van der Waals surface area (Å²) in [5, 5.41) is 12.1. The molecule has 2 aromatic carbocycles. The number of nitrogens with zero attached hydrogens (tertiary/aromatic N) is 3. The van der Waals surface area contributed by atoms with E-state index in [1.807, 2.05) is 18.2 Å². The summed E-state index contributed by atoms with van der Waals surface area (Å²) in [5.74, 6) is 0.253. The summed E-state index contributed by atoms with van der Waals surface area (Å²) in [6, 6.07) is 16.1. The molecule has 5 nitrogen and oxygen atoms in total. The van der Waals surface area contributed by atoms with E-state index in [0.717, 1.165) is 36.3 Å². The van der Waals surface area contributed by atoms with Gasteiger partial charge in [-0.3, -0.25) is 4.79 Å². The number of carbonyl (C=O) groups excluding carboxylic acids is 1. The molecule has 3 rings (SSSR count). The predicted molar refractivity (Wildman–Crippen MR) is 118 cm³/mol. The van der Waals surface area contributed by atoms with Crippen LogP contribution in [0.1, 0.15) is 18.9 Å². The zero-order valence-corrected chi connectivity index (χ0v) is 17.9. The Balaban J connectivity index is 1.88. The van der Waals surface area contributed by atoms with Crippen molar-refractivity contribution in [1.29, 1.82) is 5.26 Å². The van der Waals surface area contributed by atoms with Gasteiger partial charge >= 0.3 is 0 Å². The van der Waals surface area contributed by atoms with Gasteiger partial charge in [0.1, 0.15) is 12.6 Å². The Morgan fingerprint density at radius 3 is 2.59 bits per heavy atom. The Morgan fingerprint density at radius 2 is 1.93 bits per heavy atom. The van der Waals surface area contributed by atoms with Crippen LogP contribution in [0.2, 0.25) is 5.02 Å². The minimum atomic E-state index is -0.312. The third kappa shape index (κ3) is 5.09. The quantitative estimate of drug-likeness (QED) is 0.733. The highest BCUT2D eigenvalue weighted by Crippen LogP contribution is 2.37. The molecule has 1 heterocycles. The molecule has 1 unspecified atom stereocenters. The van der Waals surface area contributed by atoms with Gasteiger partial charge in [-0.1, -0.05) is 48.9 Å². The van der Waals surface area contributed by atoms with E-state index in [1.54, 1.807) is 0 Å². The maximum Gasteiger partial charge on any atom is 0.243 e. The Kier molecular flexibility index (Phi) is 6.79. The van der Waals surface area contributed by atoms with Crippen LogP contribution in [-0.2, 0) is 11.3 Å². The number of nitrogens with one attached hydrogen (secondary N) is 1. The number of carbonyl (C=O) groups is 1. The molecule has 1 amide bonds. The highest BCUT2D eigenvalue weighted by atomic mass is 35.5. The molecule has 1 fully saturated rings. The van der Waals surface area contributed by atoms with E-state index < -0.39 is 0 Å². The van der Waals surface area contributed by atoms with Crippen LogP contribution in [0.25, 0.3) is 11.1 Å². The molecule has 152 valence electrons. The van der Waals surface area contributed by atoms with Crippen LogP contribution < -0.4 is 10.2 Å². The van der Waals surface area contributed by atoms with Crippen LogP contribution >= 0.6 is 11.6 Å². The highest BCUT2D eigenvalue weighted by Gasteiger charge is 2.35. The summed E-state index contributed by atoms with van der Waals surface area (Å²) < 4.78 is 0. The average Bonchev–Trinajstić information content (AvgIpc) is 3.08. The second kappa shape index (κ2) is 9.30. The normalized spacial score (nSPS) is 18.7. The van der Waals surface area contributed by atoms with E-state index in [0.29, 0.717) is 10.9 Å². The van der Waals surface area contributed by atoms with Gasteiger partial charge in [-0.05, 0) is 55.3 Å². The van der Waals surface area contributed by atoms with Crippen molar-refractivity contribution in [3.05, 3.63) is 53.1 Å². The number of nitriles is 1. The SMILES string of the molecule is CC1C[C@@H](C(=O)NCC#N)N(c2cc(-c3ccc(CN(C)C)cc3)ccc2Cl)C1. The van der Waals surface area contributed by atoms with E-state index in [2.05, 4.69) is 66.5 Å². The van der Waals surface area contributed by atoms with Crippen molar-refractivity contribution in [3.63, 3.8) is 0 Å². The molecule has 29 heavy (non-hydrogen) atoms. The zero-order valence-electron chi connectivity index (χ0n) is 17.2. The Labute approximate surface area is 177 Å². The maximum absolute atomic E-state index is 12.6. The third-order valence-corrected chi connectivity index (χ3v) is 5.52. The second-order valence-corrected chi connectivity index (χ2v) is 8.39. The number of hydrogen-bond acceptors (Lipinski definition) is 4. The van der Waals surface area contributed by atoms with Gasteiger partial charge in [0.2, 0.25) is 5.91 Å². The maximum atomic E-state index is 12.6. The van der Waals surface area contributed by atoms with Gasteiger partial charge in [0.15, 0.2) is 0 Å². The predicted octanol–water partition coefficient (Wildman–Crippen LogP) is 3.92. The van der Waals surface area contributed by atoms with Gasteiger partial charge < -0.3 is 15.1 Å². The van der Waals surface area contributed by atoms with Gasteiger partial charge in [-0.25, -0.2) is 0 Å². The summed E-state index contributed by atoms with van der Waals surface area (Å²) in [4.78, 5) is 16.8. The van der Waals surface area contributed by atoms with Crippen LogP contribution in [0.3, 0.4) is 0 Å². The smallest absolute Gasteiger partial charge is 0.243 e. The summed E-state index contributed by atoms with van der Waals surface area (Å²) in [7, 11) is 4.11.